The molecule has 0 saturated carbocycles. The lowest BCUT2D eigenvalue weighted by Crippen LogP contribution is -2.45. The Bertz CT molecular complexity index is 140. The monoisotopic (exact) mass is 165 g/mol. The molecule has 0 spiro atoms. The van der Waals surface area contributed by atoms with Crippen molar-refractivity contribution in [2.75, 3.05) is 0 Å². The minimum atomic E-state index is -4.62. The van der Waals surface area contributed by atoms with E-state index in [1.165, 1.54) is 5.48 Å². The van der Waals surface area contributed by atoms with Gasteiger partial charge in [0.2, 0.25) is 0 Å². The zero-order valence-electron chi connectivity index (χ0n) is 4.94. The average Bonchev–Trinajstić information content (AvgIpc) is 1.81. The number of nitrogens with one attached hydrogen (secondary N) is 1. The summed E-state index contributed by atoms with van der Waals surface area (Å²) in [7, 11) is -4.62. The number of rotatable bonds is 3. The molecule has 0 aliphatic carbocycles. The normalized spacial score (nSPS) is 10.7. The molecule has 58 valence electrons. The molecule has 0 radical (unpaired) electrons. The first-order chi connectivity index (χ1) is 4.45. The molecule has 0 aromatic carbocycles. The highest BCUT2D eigenvalue weighted by Crippen LogP contribution is 1.83. The first kappa shape index (κ1) is 9.27. The Balaban J connectivity index is 3.55. The van der Waals surface area contributed by atoms with Gasteiger partial charge in [-0.15, -0.1) is 0 Å². The first-order valence-electron chi connectivity index (χ1n) is 2.23. The van der Waals surface area contributed by atoms with Crippen LogP contribution in [0.2, 0.25) is 0 Å². The van der Waals surface area contributed by atoms with Crippen LogP contribution in [0.15, 0.2) is 12.7 Å². The zero-order valence-corrected chi connectivity index (χ0v) is 5.94. The van der Waals surface area contributed by atoms with Gasteiger partial charge in [-0.1, -0.05) is 6.58 Å². The van der Waals surface area contributed by atoms with Gasteiger partial charge in [0.1, 0.15) is 0 Å². The van der Waals surface area contributed by atoms with E-state index >= 15 is 0 Å². The Morgan fingerprint density at radius 1 is 1.60 bits per heavy atom. The molecule has 0 aromatic rings. The van der Waals surface area contributed by atoms with Gasteiger partial charge in [-0.3, -0.25) is 4.79 Å². The van der Waals surface area contributed by atoms with Gasteiger partial charge in [0.05, 0.1) is 0 Å². The van der Waals surface area contributed by atoms with Crippen LogP contribution < -0.4 is 5.48 Å². The van der Waals surface area contributed by atoms with E-state index in [0.717, 1.165) is 6.08 Å². The fourth-order valence-corrected chi connectivity index (χ4v) is 0.398. The molecular formula is C3H7NO5Si. The van der Waals surface area contributed by atoms with Crippen LogP contribution in [0.1, 0.15) is 0 Å². The van der Waals surface area contributed by atoms with Crippen molar-refractivity contribution in [3.8, 4) is 0 Å². The highest BCUT2D eigenvalue weighted by Gasteiger charge is 2.32. The number of carbonyl (C=O) groups is 1. The third kappa shape index (κ3) is 5.40. The molecule has 0 heterocycles. The van der Waals surface area contributed by atoms with Crippen LogP contribution in [0, 0.1) is 0 Å². The summed E-state index contributed by atoms with van der Waals surface area (Å²) in [5, 5.41) is 0. The number of carbonyl (C=O) groups excluding carboxylic acids is 1. The second-order valence-electron chi connectivity index (χ2n) is 1.35. The molecule has 0 aliphatic rings. The number of hydrogen-bond acceptors (Lipinski definition) is 5. The highest BCUT2D eigenvalue weighted by atomic mass is 28.4. The summed E-state index contributed by atoms with van der Waals surface area (Å²) < 4.78 is 3.72. The topological polar surface area (TPSA) is 99.0 Å². The van der Waals surface area contributed by atoms with Crippen LogP contribution in [0.4, 0.5) is 0 Å². The molecule has 4 N–H and O–H groups in total. The van der Waals surface area contributed by atoms with E-state index in [0.29, 0.717) is 0 Å². The molecule has 7 heteroatoms. The Labute approximate surface area is 57.8 Å². The minimum Gasteiger partial charge on any atom is -0.366 e. The SMILES string of the molecule is C=CC(=O)NO[Si](O)(O)O. The molecule has 0 bridgehead atoms. The third-order valence-corrected chi connectivity index (χ3v) is 0.850. The standard InChI is InChI=1S/C3H7NO5Si/c1-2-3(5)4-9-10(6,7)8/h2,6-8H,1H2,(H,4,5). The van der Waals surface area contributed by atoms with E-state index in [1.807, 2.05) is 0 Å². The largest absolute Gasteiger partial charge is 0.693 e. The van der Waals surface area contributed by atoms with Crippen molar-refractivity contribution in [1.82, 2.24) is 5.48 Å². The number of hydrogen-bond donors (Lipinski definition) is 4. The second-order valence-corrected chi connectivity index (χ2v) is 2.70. The lowest BCUT2D eigenvalue weighted by Gasteiger charge is -2.07. The Morgan fingerprint density at radius 2 is 2.10 bits per heavy atom. The first-order valence-corrected chi connectivity index (χ1v) is 3.98. The predicted octanol–water partition coefficient (Wildman–Crippen LogP) is -2.37. The third-order valence-electron chi connectivity index (χ3n) is 0.474. The fraction of sp³-hybridized carbons (Fsp3) is 0. The van der Waals surface area contributed by atoms with Gasteiger partial charge in [-0.05, 0) is 6.08 Å². The van der Waals surface area contributed by atoms with Gasteiger partial charge in [0, 0.05) is 0 Å². The van der Waals surface area contributed by atoms with Crippen LogP contribution in [0.25, 0.3) is 0 Å². The molecule has 0 aromatic heterocycles. The average molecular weight is 165 g/mol. The Morgan fingerprint density at radius 3 is 2.40 bits per heavy atom. The predicted molar refractivity (Wildman–Crippen MR) is 31.8 cm³/mol. The van der Waals surface area contributed by atoms with Gasteiger partial charge in [-0.2, -0.15) is 0 Å². The van der Waals surface area contributed by atoms with Crippen LogP contribution in [-0.4, -0.2) is 29.3 Å². The van der Waals surface area contributed by atoms with Gasteiger partial charge in [0.25, 0.3) is 5.91 Å². The second kappa shape index (κ2) is 3.44. The van der Waals surface area contributed by atoms with Crippen molar-refractivity contribution in [3.05, 3.63) is 12.7 Å². The maximum atomic E-state index is 10.2. The summed E-state index contributed by atoms with van der Waals surface area (Å²) in [6.45, 7) is 3.04. The van der Waals surface area contributed by atoms with Crippen molar-refractivity contribution in [2.45, 2.75) is 0 Å². The molecule has 0 unspecified atom stereocenters. The van der Waals surface area contributed by atoms with E-state index < -0.39 is 15.0 Å². The maximum absolute atomic E-state index is 10.2. The van der Waals surface area contributed by atoms with Crippen LogP contribution in [-0.2, 0) is 9.32 Å². The van der Waals surface area contributed by atoms with E-state index in [1.54, 1.807) is 0 Å². The van der Waals surface area contributed by atoms with Crippen molar-refractivity contribution in [3.63, 3.8) is 0 Å². The quantitative estimate of drug-likeness (QED) is 0.213. The minimum absolute atomic E-state index is 0.769. The van der Waals surface area contributed by atoms with E-state index in [-0.39, 0.29) is 0 Å². The summed E-state index contributed by atoms with van der Waals surface area (Å²) in [6, 6.07) is 0. The molecule has 0 rings (SSSR count). The molecule has 0 fully saturated rings. The molecule has 10 heavy (non-hydrogen) atoms. The number of amides is 1. The Kier molecular flexibility index (Phi) is 3.19. The summed E-state index contributed by atoms with van der Waals surface area (Å²) in [5.74, 6) is -0.769. The molecule has 6 nitrogen and oxygen atoms in total. The molecule has 0 saturated heterocycles. The van der Waals surface area contributed by atoms with Crippen molar-refractivity contribution in [1.29, 1.82) is 0 Å². The lowest BCUT2D eigenvalue weighted by molar-refractivity contribution is -0.127. The molecule has 0 atom stereocenters. The van der Waals surface area contributed by atoms with Gasteiger partial charge in [0.15, 0.2) is 0 Å². The van der Waals surface area contributed by atoms with Crippen molar-refractivity contribution in [2.24, 2.45) is 0 Å². The van der Waals surface area contributed by atoms with Gasteiger partial charge in [-0.25, -0.2) is 10.0 Å². The van der Waals surface area contributed by atoms with Gasteiger partial charge < -0.3 is 14.4 Å². The lowest BCUT2D eigenvalue weighted by atomic mass is 10.6. The summed E-state index contributed by atoms with van der Waals surface area (Å²) in [5.41, 5.74) is 1.53. The van der Waals surface area contributed by atoms with Crippen LogP contribution >= 0.6 is 0 Å². The molecule has 0 aliphatic heterocycles. The summed E-state index contributed by atoms with van der Waals surface area (Å²) >= 11 is 0. The van der Waals surface area contributed by atoms with E-state index in [4.69, 9.17) is 14.4 Å². The fourth-order valence-electron chi connectivity index (χ4n) is 0.160. The van der Waals surface area contributed by atoms with Crippen molar-refractivity contribution >= 4 is 15.0 Å². The Hall–Kier alpha value is -0.733. The van der Waals surface area contributed by atoms with E-state index in [2.05, 4.69) is 11.1 Å². The highest BCUT2D eigenvalue weighted by molar-refractivity contribution is 6.48. The molecular weight excluding hydrogens is 158 g/mol. The van der Waals surface area contributed by atoms with Crippen molar-refractivity contribution < 1.29 is 23.7 Å². The summed E-state index contributed by atoms with van der Waals surface area (Å²) in [4.78, 5) is 34.6. The zero-order chi connectivity index (χ0) is 8.20. The smallest absolute Gasteiger partial charge is 0.366 e. The molecule has 1 amide bonds. The summed E-state index contributed by atoms with van der Waals surface area (Å²) in [6.07, 6.45) is 0.847. The maximum Gasteiger partial charge on any atom is 0.693 e. The van der Waals surface area contributed by atoms with Crippen LogP contribution in [0.5, 0.6) is 0 Å². The number of hydroxylamine groups is 1. The van der Waals surface area contributed by atoms with E-state index in [9.17, 15) is 4.79 Å². The van der Waals surface area contributed by atoms with Crippen LogP contribution in [0.3, 0.4) is 0 Å². The van der Waals surface area contributed by atoms with Gasteiger partial charge >= 0.3 is 9.05 Å².